The van der Waals surface area contributed by atoms with E-state index in [9.17, 15) is 4.79 Å². The predicted octanol–water partition coefficient (Wildman–Crippen LogP) is 4.62. The van der Waals surface area contributed by atoms with Crippen molar-refractivity contribution in [1.82, 2.24) is 5.32 Å². The molecule has 4 heteroatoms. The van der Waals surface area contributed by atoms with E-state index >= 15 is 0 Å². The maximum absolute atomic E-state index is 11.9. The van der Waals surface area contributed by atoms with Crippen molar-refractivity contribution in [2.45, 2.75) is 39.7 Å². The van der Waals surface area contributed by atoms with Crippen LogP contribution in [0, 0.1) is 6.92 Å². The predicted molar refractivity (Wildman–Crippen MR) is 101 cm³/mol. The van der Waals surface area contributed by atoms with Crippen LogP contribution >= 0.6 is 11.3 Å². The molecule has 3 nitrogen and oxygen atoms in total. The fraction of sp³-hybridized carbons (Fsp3) is 0.350. The molecule has 3 rings (SSSR count). The molecular formula is C20H23NO2S. The number of benzene rings is 1. The fourth-order valence-corrected chi connectivity index (χ4v) is 3.76. The minimum Gasteiger partial charge on any atom is -0.423 e. The SMILES string of the molecule is Cc1cc2oc(=O)cc(CNCCc3cccs3)c2cc1C(C)C. The molecule has 0 saturated heterocycles. The van der Waals surface area contributed by atoms with Crippen molar-refractivity contribution in [1.29, 1.82) is 0 Å². The summed E-state index contributed by atoms with van der Waals surface area (Å²) in [5.74, 6) is 0.445. The maximum Gasteiger partial charge on any atom is 0.336 e. The Morgan fingerprint density at radius 3 is 2.79 bits per heavy atom. The third-order valence-electron chi connectivity index (χ3n) is 4.28. The average molecular weight is 341 g/mol. The highest BCUT2D eigenvalue weighted by Crippen LogP contribution is 2.26. The minimum absolute atomic E-state index is 0.283. The number of nitrogens with one attached hydrogen (secondary N) is 1. The second-order valence-corrected chi connectivity index (χ2v) is 7.49. The number of thiophene rings is 1. The van der Waals surface area contributed by atoms with Gasteiger partial charge in [-0.25, -0.2) is 4.79 Å². The summed E-state index contributed by atoms with van der Waals surface area (Å²) in [7, 11) is 0. The minimum atomic E-state index is -0.283. The molecule has 0 radical (unpaired) electrons. The van der Waals surface area contributed by atoms with Gasteiger partial charge in [-0.05, 0) is 59.5 Å². The first-order chi connectivity index (χ1) is 11.5. The van der Waals surface area contributed by atoms with E-state index < -0.39 is 0 Å². The number of fused-ring (bicyclic) bond motifs is 1. The van der Waals surface area contributed by atoms with E-state index in [4.69, 9.17) is 4.42 Å². The van der Waals surface area contributed by atoms with Gasteiger partial charge in [-0.3, -0.25) is 0 Å². The summed E-state index contributed by atoms with van der Waals surface area (Å²) < 4.78 is 5.40. The highest BCUT2D eigenvalue weighted by atomic mass is 32.1. The van der Waals surface area contributed by atoms with Crippen molar-refractivity contribution in [2.75, 3.05) is 6.54 Å². The van der Waals surface area contributed by atoms with Crippen LogP contribution in [0.4, 0.5) is 0 Å². The van der Waals surface area contributed by atoms with E-state index in [-0.39, 0.29) is 5.63 Å². The Hall–Kier alpha value is -1.91. The molecule has 0 aliphatic heterocycles. The van der Waals surface area contributed by atoms with E-state index in [1.54, 1.807) is 17.4 Å². The van der Waals surface area contributed by atoms with E-state index in [0.29, 0.717) is 18.0 Å². The quantitative estimate of drug-likeness (QED) is 0.525. The van der Waals surface area contributed by atoms with E-state index in [2.05, 4.69) is 49.7 Å². The van der Waals surface area contributed by atoms with Crippen LogP contribution in [0.25, 0.3) is 11.0 Å². The van der Waals surface area contributed by atoms with Crippen LogP contribution in [-0.4, -0.2) is 6.54 Å². The van der Waals surface area contributed by atoms with Gasteiger partial charge in [-0.2, -0.15) is 0 Å². The second kappa shape index (κ2) is 7.32. The molecule has 0 fully saturated rings. The molecule has 1 N–H and O–H groups in total. The summed E-state index contributed by atoms with van der Waals surface area (Å²) in [4.78, 5) is 13.2. The Labute approximate surface area is 146 Å². The lowest BCUT2D eigenvalue weighted by atomic mass is 9.95. The second-order valence-electron chi connectivity index (χ2n) is 6.46. The first-order valence-corrected chi connectivity index (χ1v) is 9.23. The Morgan fingerprint density at radius 2 is 2.08 bits per heavy atom. The molecule has 0 amide bonds. The van der Waals surface area contributed by atoms with Crippen molar-refractivity contribution < 1.29 is 4.42 Å². The molecule has 3 aromatic rings. The monoisotopic (exact) mass is 341 g/mol. The first kappa shape index (κ1) is 16.9. The van der Waals surface area contributed by atoms with Gasteiger partial charge in [0.15, 0.2) is 0 Å². The molecule has 0 spiro atoms. The molecule has 0 unspecified atom stereocenters. The molecule has 24 heavy (non-hydrogen) atoms. The Kier molecular flexibility index (Phi) is 5.17. The zero-order valence-corrected chi connectivity index (χ0v) is 15.2. The number of aryl methyl sites for hydroxylation is 1. The molecule has 0 atom stereocenters. The van der Waals surface area contributed by atoms with Crippen LogP contribution in [0.15, 0.2) is 44.9 Å². The Balaban J connectivity index is 1.83. The van der Waals surface area contributed by atoms with E-state index in [1.807, 2.05) is 6.07 Å². The molecule has 2 aromatic heterocycles. The number of rotatable bonds is 6. The van der Waals surface area contributed by atoms with Crippen LogP contribution in [-0.2, 0) is 13.0 Å². The smallest absolute Gasteiger partial charge is 0.336 e. The van der Waals surface area contributed by atoms with Crippen molar-refractivity contribution in [3.63, 3.8) is 0 Å². The van der Waals surface area contributed by atoms with Crippen molar-refractivity contribution in [3.8, 4) is 0 Å². The van der Waals surface area contributed by atoms with Gasteiger partial charge in [0.05, 0.1) is 0 Å². The third-order valence-corrected chi connectivity index (χ3v) is 5.22. The maximum atomic E-state index is 11.9. The summed E-state index contributed by atoms with van der Waals surface area (Å²) in [6.07, 6.45) is 1.01. The van der Waals surface area contributed by atoms with Crippen LogP contribution in [0.1, 0.15) is 41.3 Å². The van der Waals surface area contributed by atoms with E-state index in [1.165, 1.54) is 16.0 Å². The Bertz CT molecular complexity index is 879. The Morgan fingerprint density at radius 1 is 1.25 bits per heavy atom. The zero-order chi connectivity index (χ0) is 17.1. The van der Waals surface area contributed by atoms with Gasteiger partial charge in [0.25, 0.3) is 0 Å². The van der Waals surface area contributed by atoms with Gasteiger partial charge in [0.1, 0.15) is 5.58 Å². The summed E-state index contributed by atoms with van der Waals surface area (Å²) in [6, 6.07) is 10.00. The van der Waals surface area contributed by atoms with Crippen molar-refractivity contribution >= 4 is 22.3 Å². The van der Waals surface area contributed by atoms with Gasteiger partial charge >= 0.3 is 5.63 Å². The first-order valence-electron chi connectivity index (χ1n) is 8.35. The molecule has 0 saturated carbocycles. The molecular weight excluding hydrogens is 318 g/mol. The molecule has 0 aliphatic carbocycles. The number of hydrogen-bond acceptors (Lipinski definition) is 4. The lowest BCUT2D eigenvalue weighted by Gasteiger charge is -2.13. The summed E-state index contributed by atoms with van der Waals surface area (Å²) >= 11 is 1.78. The van der Waals surface area contributed by atoms with Gasteiger partial charge in [0.2, 0.25) is 0 Å². The molecule has 1 aromatic carbocycles. The lowest BCUT2D eigenvalue weighted by Crippen LogP contribution is -2.17. The largest absolute Gasteiger partial charge is 0.423 e. The van der Waals surface area contributed by atoms with Crippen molar-refractivity contribution in [2.24, 2.45) is 0 Å². The van der Waals surface area contributed by atoms with Crippen LogP contribution in [0.2, 0.25) is 0 Å². The lowest BCUT2D eigenvalue weighted by molar-refractivity contribution is 0.556. The molecule has 126 valence electrons. The van der Waals surface area contributed by atoms with E-state index in [0.717, 1.165) is 23.9 Å². The van der Waals surface area contributed by atoms with Crippen LogP contribution < -0.4 is 10.9 Å². The standard InChI is InChI=1S/C20H23NO2S/c1-13(2)17-11-18-15(10-20(22)23-19(18)9-14(17)3)12-21-7-6-16-5-4-8-24-16/h4-5,8-11,13,21H,6-7,12H2,1-3H3. The van der Waals surface area contributed by atoms with Gasteiger partial charge < -0.3 is 9.73 Å². The fourth-order valence-electron chi connectivity index (χ4n) is 3.05. The third kappa shape index (κ3) is 3.77. The summed E-state index contributed by atoms with van der Waals surface area (Å²) in [6.45, 7) is 8.01. The number of hydrogen-bond donors (Lipinski definition) is 1. The van der Waals surface area contributed by atoms with Crippen LogP contribution in [0.5, 0.6) is 0 Å². The topological polar surface area (TPSA) is 42.2 Å². The highest BCUT2D eigenvalue weighted by molar-refractivity contribution is 7.09. The van der Waals surface area contributed by atoms with Crippen molar-refractivity contribution in [3.05, 3.63) is 67.7 Å². The molecule has 0 aliphatic rings. The van der Waals surface area contributed by atoms with Gasteiger partial charge in [0, 0.05) is 29.4 Å². The zero-order valence-electron chi connectivity index (χ0n) is 14.4. The van der Waals surface area contributed by atoms with Crippen LogP contribution in [0.3, 0.4) is 0 Å². The van der Waals surface area contributed by atoms with Gasteiger partial charge in [-0.15, -0.1) is 11.3 Å². The van der Waals surface area contributed by atoms with Gasteiger partial charge in [-0.1, -0.05) is 19.9 Å². The summed E-state index contributed by atoms with van der Waals surface area (Å²) in [5.41, 5.74) is 3.88. The molecule has 0 bridgehead atoms. The highest BCUT2D eigenvalue weighted by Gasteiger charge is 2.11. The average Bonchev–Trinajstić information content (AvgIpc) is 3.03. The molecule has 2 heterocycles. The summed E-state index contributed by atoms with van der Waals surface area (Å²) in [5, 5.41) is 6.58. The normalized spacial score (nSPS) is 11.5.